The Bertz CT molecular complexity index is 1050. The summed E-state index contributed by atoms with van der Waals surface area (Å²) >= 11 is 0. The van der Waals surface area contributed by atoms with Crippen LogP contribution in [0.15, 0.2) is 60.7 Å². The third-order valence-electron chi connectivity index (χ3n) is 5.84. The molecule has 5 rings (SSSR count). The third-order valence-corrected chi connectivity index (χ3v) is 5.84. The molecule has 0 atom stereocenters. The standard InChI is InChI=1S/C21H23N9/c1-30-16(20(18(22)23)26-12-6-2-3-7-13(12)27-20)10-11-17(30)21(19(24)25)28-14-8-4-5-9-15(14)29-21/h2-11,26-29H,1H3,(H3,22,23)(H3,24,25). The fraction of sp³-hybridized carbons (Fsp3) is 0.143. The van der Waals surface area contributed by atoms with Gasteiger partial charge in [0, 0.05) is 7.05 Å². The van der Waals surface area contributed by atoms with Crippen LogP contribution in [0.2, 0.25) is 0 Å². The van der Waals surface area contributed by atoms with Gasteiger partial charge in [-0.1, -0.05) is 24.3 Å². The zero-order valence-electron chi connectivity index (χ0n) is 16.4. The highest BCUT2D eigenvalue weighted by Gasteiger charge is 2.48. The maximum atomic E-state index is 8.35. The molecule has 152 valence electrons. The molecule has 0 amide bonds. The Balaban J connectivity index is 1.62. The number of nitrogens with two attached hydrogens (primary N) is 2. The number of nitrogens with zero attached hydrogens (tertiary/aromatic N) is 1. The number of amidine groups is 2. The zero-order valence-corrected chi connectivity index (χ0v) is 16.4. The first-order chi connectivity index (χ1) is 14.4. The minimum Gasteiger partial charge on any atom is -0.384 e. The molecular formula is C21H23N9. The SMILES string of the molecule is Cn1c(C2(C(=N)N)Nc3ccccc3N2)ccc1C1(C(=N)N)Nc2ccccc2N1. The average molecular weight is 401 g/mol. The fourth-order valence-corrected chi connectivity index (χ4v) is 4.34. The van der Waals surface area contributed by atoms with Crippen molar-refractivity contribution in [1.82, 2.24) is 4.57 Å². The van der Waals surface area contributed by atoms with Crippen LogP contribution in [0.25, 0.3) is 0 Å². The summed E-state index contributed by atoms with van der Waals surface area (Å²) in [6, 6.07) is 19.2. The Kier molecular flexibility index (Phi) is 3.54. The Morgan fingerprint density at radius 2 is 0.967 bits per heavy atom. The monoisotopic (exact) mass is 401 g/mol. The van der Waals surface area contributed by atoms with Crippen molar-refractivity contribution in [2.24, 2.45) is 18.5 Å². The largest absolute Gasteiger partial charge is 0.384 e. The smallest absolute Gasteiger partial charge is 0.208 e. The Morgan fingerprint density at radius 3 is 1.23 bits per heavy atom. The van der Waals surface area contributed by atoms with Gasteiger partial charge in [-0.2, -0.15) is 0 Å². The van der Waals surface area contributed by atoms with Gasteiger partial charge in [0.2, 0.25) is 11.3 Å². The number of aromatic nitrogens is 1. The summed E-state index contributed by atoms with van der Waals surface area (Å²) in [7, 11) is 1.87. The molecule has 2 aliphatic rings. The van der Waals surface area contributed by atoms with Crippen molar-refractivity contribution in [2.75, 3.05) is 21.3 Å². The van der Waals surface area contributed by atoms with Crippen LogP contribution in [0.5, 0.6) is 0 Å². The van der Waals surface area contributed by atoms with Gasteiger partial charge in [-0.3, -0.25) is 10.8 Å². The Morgan fingerprint density at radius 1 is 0.667 bits per heavy atom. The summed E-state index contributed by atoms with van der Waals surface area (Å²) < 4.78 is 1.90. The predicted molar refractivity (Wildman–Crippen MR) is 120 cm³/mol. The Labute approximate surface area is 173 Å². The van der Waals surface area contributed by atoms with Gasteiger partial charge in [0.15, 0.2) is 0 Å². The molecule has 0 saturated heterocycles. The van der Waals surface area contributed by atoms with Gasteiger partial charge in [0.25, 0.3) is 0 Å². The lowest BCUT2D eigenvalue weighted by atomic mass is 10.1. The van der Waals surface area contributed by atoms with Crippen molar-refractivity contribution in [2.45, 2.75) is 11.3 Å². The first kappa shape index (κ1) is 17.9. The number of para-hydroxylation sites is 4. The number of anilines is 4. The number of benzene rings is 2. The average Bonchev–Trinajstić information content (AvgIpc) is 3.41. The molecule has 0 radical (unpaired) electrons. The minimum absolute atomic E-state index is 0.0704. The van der Waals surface area contributed by atoms with Gasteiger partial charge in [-0.15, -0.1) is 0 Å². The van der Waals surface area contributed by atoms with Crippen LogP contribution in [0.4, 0.5) is 22.7 Å². The number of fused-ring (bicyclic) bond motifs is 2. The first-order valence-electron chi connectivity index (χ1n) is 9.54. The van der Waals surface area contributed by atoms with E-state index in [9.17, 15) is 0 Å². The predicted octanol–water partition coefficient (Wildman–Crippen LogP) is 2.28. The molecule has 3 aromatic rings. The van der Waals surface area contributed by atoms with E-state index < -0.39 is 11.3 Å². The molecule has 0 saturated carbocycles. The highest BCUT2D eigenvalue weighted by Crippen LogP contribution is 2.43. The van der Waals surface area contributed by atoms with Crippen molar-refractivity contribution >= 4 is 34.4 Å². The summed E-state index contributed by atoms with van der Waals surface area (Å²) in [6.45, 7) is 0. The van der Waals surface area contributed by atoms with Crippen LogP contribution in [-0.4, -0.2) is 16.2 Å². The molecule has 1 aromatic heterocycles. The van der Waals surface area contributed by atoms with Gasteiger partial charge in [-0.05, 0) is 36.4 Å². The van der Waals surface area contributed by atoms with Crippen molar-refractivity contribution in [3.63, 3.8) is 0 Å². The van der Waals surface area contributed by atoms with Crippen molar-refractivity contribution in [1.29, 1.82) is 10.8 Å². The minimum atomic E-state index is -1.11. The topological polar surface area (TPSA) is 153 Å². The number of rotatable bonds is 4. The second-order valence-corrected chi connectivity index (χ2v) is 7.58. The molecule has 0 bridgehead atoms. The number of hydrogen-bond donors (Lipinski definition) is 8. The van der Waals surface area contributed by atoms with Crippen LogP contribution < -0.4 is 32.7 Å². The van der Waals surface area contributed by atoms with Gasteiger partial charge in [0.1, 0.15) is 11.7 Å². The molecule has 30 heavy (non-hydrogen) atoms. The zero-order chi connectivity index (χ0) is 21.1. The summed E-state index contributed by atoms with van der Waals surface area (Å²) in [5, 5.41) is 30.1. The summed E-state index contributed by atoms with van der Waals surface area (Å²) in [5.41, 5.74) is 14.8. The van der Waals surface area contributed by atoms with Crippen LogP contribution in [0.1, 0.15) is 11.4 Å². The molecule has 9 nitrogen and oxygen atoms in total. The molecule has 2 aliphatic heterocycles. The Hall–Kier alpha value is -4.14. The van der Waals surface area contributed by atoms with Gasteiger partial charge in [-0.25, -0.2) is 0 Å². The van der Waals surface area contributed by atoms with Crippen molar-refractivity contribution < 1.29 is 0 Å². The summed E-state index contributed by atoms with van der Waals surface area (Å²) in [4.78, 5) is 0. The number of nitrogens with one attached hydrogen (secondary N) is 6. The third kappa shape index (κ3) is 2.22. The van der Waals surface area contributed by atoms with E-state index in [-0.39, 0.29) is 11.7 Å². The van der Waals surface area contributed by atoms with E-state index in [1.54, 1.807) is 0 Å². The normalized spacial score (nSPS) is 17.0. The lowest BCUT2D eigenvalue weighted by Crippen LogP contribution is -2.53. The second-order valence-electron chi connectivity index (χ2n) is 7.58. The second kappa shape index (κ2) is 5.93. The van der Waals surface area contributed by atoms with E-state index in [1.165, 1.54) is 0 Å². The maximum absolute atomic E-state index is 8.35. The van der Waals surface area contributed by atoms with E-state index in [0.717, 1.165) is 34.1 Å². The van der Waals surface area contributed by atoms with Crippen LogP contribution in [0, 0.1) is 10.8 Å². The maximum Gasteiger partial charge on any atom is 0.208 e. The van der Waals surface area contributed by atoms with Gasteiger partial charge in [0.05, 0.1) is 34.1 Å². The molecule has 2 aromatic carbocycles. The van der Waals surface area contributed by atoms with Crippen LogP contribution >= 0.6 is 0 Å². The molecule has 9 heteroatoms. The van der Waals surface area contributed by atoms with E-state index in [0.29, 0.717) is 0 Å². The van der Waals surface area contributed by atoms with E-state index in [4.69, 9.17) is 22.3 Å². The fourth-order valence-electron chi connectivity index (χ4n) is 4.34. The quantitative estimate of drug-likeness (QED) is 0.248. The van der Waals surface area contributed by atoms with E-state index in [1.807, 2.05) is 72.3 Å². The molecule has 0 fully saturated rings. The first-order valence-corrected chi connectivity index (χ1v) is 9.54. The molecule has 0 aliphatic carbocycles. The van der Waals surface area contributed by atoms with Gasteiger partial charge < -0.3 is 37.3 Å². The molecule has 10 N–H and O–H groups in total. The molecule has 0 unspecified atom stereocenters. The molecule has 0 spiro atoms. The van der Waals surface area contributed by atoms with Crippen LogP contribution in [0.3, 0.4) is 0 Å². The molecular weight excluding hydrogens is 378 g/mol. The summed E-state index contributed by atoms with van der Waals surface area (Å²) in [5.74, 6) is -0.141. The van der Waals surface area contributed by atoms with Crippen molar-refractivity contribution in [3.05, 3.63) is 72.1 Å². The molecule has 3 heterocycles. The lowest BCUT2D eigenvalue weighted by molar-refractivity contribution is 0.622. The van der Waals surface area contributed by atoms with E-state index in [2.05, 4.69) is 21.3 Å². The summed E-state index contributed by atoms with van der Waals surface area (Å²) in [6.07, 6.45) is 0. The van der Waals surface area contributed by atoms with Gasteiger partial charge >= 0.3 is 0 Å². The van der Waals surface area contributed by atoms with E-state index >= 15 is 0 Å². The van der Waals surface area contributed by atoms with Crippen molar-refractivity contribution in [3.8, 4) is 0 Å². The number of hydrogen-bond acceptors (Lipinski definition) is 6. The lowest BCUT2D eigenvalue weighted by Gasteiger charge is -2.33. The van der Waals surface area contributed by atoms with Crippen LogP contribution in [-0.2, 0) is 18.4 Å². The highest BCUT2D eigenvalue weighted by molar-refractivity contribution is 6.00. The highest BCUT2D eigenvalue weighted by atomic mass is 15.3.